The van der Waals surface area contributed by atoms with Gasteiger partial charge in [0.05, 0.1) is 0 Å². The van der Waals surface area contributed by atoms with Crippen molar-refractivity contribution in [2.75, 3.05) is 0 Å². The van der Waals surface area contributed by atoms with Crippen molar-refractivity contribution >= 4 is 0 Å². The molecule has 0 heterocycles. The lowest BCUT2D eigenvalue weighted by molar-refractivity contribution is -1.08. The molecule has 0 spiro atoms. The maximum atomic E-state index is 11.7. The molecular weight excluding hydrogens is 204 g/mol. The van der Waals surface area contributed by atoms with E-state index < -0.39 is 0 Å². The van der Waals surface area contributed by atoms with Crippen LogP contribution in [-0.2, 0) is 4.94 Å². The van der Waals surface area contributed by atoms with Crippen LogP contribution >= 0.6 is 0 Å². The van der Waals surface area contributed by atoms with Crippen LogP contribution in [0.3, 0.4) is 0 Å². The average Bonchev–Trinajstić information content (AvgIpc) is 3.03. The van der Waals surface area contributed by atoms with Gasteiger partial charge < -0.3 is 5.21 Å². The van der Waals surface area contributed by atoms with Crippen LogP contribution in [0.4, 0.5) is 0 Å². The predicted molar refractivity (Wildman–Crippen MR) is 57.4 cm³/mol. The van der Waals surface area contributed by atoms with E-state index in [4.69, 9.17) is 5.90 Å². The first kappa shape index (κ1) is 9.83. The molecule has 90 valence electrons. The molecule has 4 bridgehead atoms. The summed E-state index contributed by atoms with van der Waals surface area (Å²) in [4.78, 5) is 4.48. The van der Waals surface area contributed by atoms with Crippen LogP contribution in [0.2, 0.25) is 0 Å². The number of quaternary nitrogens is 1. The van der Waals surface area contributed by atoms with Crippen LogP contribution in [0.5, 0.6) is 0 Å². The molecule has 4 nitrogen and oxygen atoms in total. The van der Waals surface area contributed by atoms with E-state index in [0.717, 1.165) is 36.0 Å². The van der Waals surface area contributed by atoms with E-state index in [2.05, 4.69) is 4.94 Å². The Bertz CT molecular complexity index is 311. The van der Waals surface area contributed by atoms with Crippen molar-refractivity contribution < 1.29 is 10.2 Å². The van der Waals surface area contributed by atoms with Crippen molar-refractivity contribution in [3.63, 3.8) is 0 Å². The van der Waals surface area contributed by atoms with Gasteiger partial charge in [0.1, 0.15) is 6.04 Å². The Kier molecular flexibility index (Phi) is 1.96. The van der Waals surface area contributed by atoms with Crippen molar-refractivity contribution in [2.24, 2.45) is 41.4 Å². The first-order valence-corrected chi connectivity index (χ1v) is 6.70. The van der Waals surface area contributed by atoms with Gasteiger partial charge in [0.2, 0.25) is 0 Å². The first-order chi connectivity index (χ1) is 7.79. The molecular formula is C12H20N2O2. The molecule has 16 heavy (non-hydrogen) atoms. The predicted octanol–water partition coefficient (Wildman–Crippen LogP) is 0.245. The molecule has 0 aliphatic heterocycles. The molecule has 8 unspecified atom stereocenters. The van der Waals surface area contributed by atoms with Gasteiger partial charge in [-0.15, -0.1) is 4.94 Å². The number of nitrogens with two attached hydrogens (primary N) is 1. The minimum Gasteiger partial charge on any atom is -0.598 e. The Balaban J connectivity index is 1.61. The fourth-order valence-corrected chi connectivity index (χ4v) is 5.92. The molecule has 4 aliphatic rings. The van der Waals surface area contributed by atoms with E-state index in [9.17, 15) is 5.21 Å². The van der Waals surface area contributed by atoms with Gasteiger partial charge in [-0.2, -0.15) is 5.90 Å². The molecule has 0 aromatic rings. The minimum absolute atomic E-state index is 0.135. The average molecular weight is 224 g/mol. The van der Waals surface area contributed by atoms with Crippen LogP contribution in [0.25, 0.3) is 0 Å². The summed E-state index contributed by atoms with van der Waals surface area (Å²) in [7, 11) is 0. The normalized spacial score (nSPS) is 59.2. The maximum absolute atomic E-state index is 11.7. The molecule has 3 N–H and O–H groups in total. The third-order valence-corrected chi connectivity index (χ3v) is 6.15. The SMILES string of the molecule is NO[NH+]([O-])C1CC2CC1C1C3CCC(C3)C21. The number of fused-ring (bicyclic) bond motifs is 9. The van der Waals surface area contributed by atoms with Crippen LogP contribution in [-0.4, -0.2) is 6.04 Å². The van der Waals surface area contributed by atoms with Gasteiger partial charge in [0.15, 0.2) is 0 Å². The second-order valence-corrected chi connectivity index (χ2v) is 6.43. The Morgan fingerprint density at radius 2 is 1.75 bits per heavy atom. The van der Waals surface area contributed by atoms with Gasteiger partial charge in [0, 0.05) is 12.3 Å². The zero-order valence-electron chi connectivity index (χ0n) is 9.47. The second kappa shape index (κ2) is 3.19. The van der Waals surface area contributed by atoms with E-state index in [1.807, 2.05) is 0 Å². The summed E-state index contributed by atoms with van der Waals surface area (Å²) < 4.78 is 0. The lowest BCUT2D eigenvalue weighted by Crippen LogP contribution is -3.12. The Morgan fingerprint density at radius 1 is 1.00 bits per heavy atom. The van der Waals surface area contributed by atoms with Crippen LogP contribution in [0.15, 0.2) is 0 Å². The molecule has 0 saturated heterocycles. The molecule has 4 aliphatic carbocycles. The summed E-state index contributed by atoms with van der Waals surface area (Å²) in [6.45, 7) is 0. The quantitative estimate of drug-likeness (QED) is 0.522. The number of nitrogens with one attached hydrogen (secondary N) is 1. The smallest absolute Gasteiger partial charge is 0.122 e. The lowest BCUT2D eigenvalue weighted by atomic mass is 9.69. The van der Waals surface area contributed by atoms with Gasteiger partial charge in [-0.05, 0) is 55.3 Å². The van der Waals surface area contributed by atoms with Crippen molar-refractivity contribution in [1.29, 1.82) is 0 Å². The molecule has 0 amide bonds. The first-order valence-electron chi connectivity index (χ1n) is 6.70. The summed E-state index contributed by atoms with van der Waals surface area (Å²) in [5.74, 6) is 10.2. The Labute approximate surface area is 95.6 Å². The fourth-order valence-electron chi connectivity index (χ4n) is 5.92. The molecule has 0 radical (unpaired) electrons. The molecule has 8 atom stereocenters. The largest absolute Gasteiger partial charge is 0.598 e. The highest BCUT2D eigenvalue weighted by Gasteiger charge is 2.64. The zero-order valence-corrected chi connectivity index (χ0v) is 9.47. The molecule has 4 saturated carbocycles. The fraction of sp³-hybridized carbons (Fsp3) is 1.00. The van der Waals surface area contributed by atoms with Crippen molar-refractivity contribution in [3.05, 3.63) is 5.21 Å². The summed E-state index contributed by atoms with van der Waals surface area (Å²) in [6, 6.07) is 0.135. The third kappa shape index (κ3) is 1.04. The van der Waals surface area contributed by atoms with Crippen LogP contribution in [0, 0.1) is 40.7 Å². The number of rotatable bonds is 2. The highest BCUT2D eigenvalue weighted by Crippen LogP contribution is 2.66. The van der Waals surface area contributed by atoms with Crippen molar-refractivity contribution in [2.45, 2.75) is 38.1 Å². The minimum atomic E-state index is -0.145. The summed E-state index contributed by atoms with van der Waals surface area (Å²) >= 11 is 0. The zero-order chi connectivity index (χ0) is 10.9. The highest BCUT2D eigenvalue weighted by atomic mass is 16.9. The maximum Gasteiger partial charge on any atom is 0.122 e. The molecule has 4 fully saturated rings. The van der Waals surface area contributed by atoms with Crippen LogP contribution in [0.1, 0.15) is 32.1 Å². The highest BCUT2D eigenvalue weighted by molar-refractivity contribution is 5.10. The van der Waals surface area contributed by atoms with Gasteiger partial charge in [-0.3, -0.25) is 0 Å². The third-order valence-electron chi connectivity index (χ3n) is 6.15. The summed E-state index contributed by atoms with van der Waals surface area (Å²) in [5.41, 5.74) is 0. The van der Waals surface area contributed by atoms with Crippen LogP contribution < -0.4 is 11.1 Å². The van der Waals surface area contributed by atoms with Gasteiger partial charge in [-0.1, -0.05) is 0 Å². The monoisotopic (exact) mass is 224 g/mol. The molecule has 0 aromatic carbocycles. The van der Waals surface area contributed by atoms with E-state index in [1.165, 1.54) is 25.7 Å². The lowest BCUT2D eigenvalue weighted by Gasteiger charge is -2.40. The van der Waals surface area contributed by atoms with Crippen molar-refractivity contribution in [1.82, 2.24) is 0 Å². The van der Waals surface area contributed by atoms with E-state index >= 15 is 0 Å². The summed E-state index contributed by atoms with van der Waals surface area (Å²) in [6.07, 6.45) is 6.67. The van der Waals surface area contributed by atoms with Gasteiger partial charge in [0.25, 0.3) is 0 Å². The van der Waals surface area contributed by atoms with E-state index in [-0.39, 0.29) is 11.3 Å². The Hall–Kier alpha value is -0.160. The number of hydrogen-bond acceptors (Lipinski definition) is 3. The molecule has 0 aromatic heterocycles. The molecule has 4 heteroatoms. The second-order valence-electron chi connectivity index (χ2n) is 6.43. The topological polar surface area (TPSA) is 62.8 Å². The standard InChI is InChI=1S/C12H20N2O2/c13-16-14(15)10-5-8-4-9(10)12-7-2-1-6(3-7)11(8)12/h6-12,14H,1-5,13H2. The Morgan fingerprint density at radius 3 is 2.50 bits per heavy atom. The van der Waals surface area contributed by atoms with Gasteiger partial charge in [-0.25, -0.2) is 5.23 Å². The number of hydroxylamine groups is 2. The van der Waals surface area contributed by atoms with Gasteiger partial charge >= 0.3 is 0 Å². The summed E-state index contributed by atoms with van der Waals surface area (Å²) in [5, 5.41) is 11.5. The van der Waals surface area contributed by atoms with Crippen molar-refractivity contribution in [3.8, 4) is 0 Å². The molecule has 4 rings (SSSR count). The van der Waals surface area contributed by atoms with E-state index in [1.54, 1.807) is 0 Å². The van der Waals surface area contributed by atoms with E-state index in [0.29, 0.717) is 5.92 Å². The number of hydrogen-bond donors (Lipinski definition) is 2.